The topological polar surface area (TPSA) is 40.6 Å². The molecule has 0 N–H and O–H groups in total. The normalized spacial score (nSPS) is 15.5. The molecule has 0 aliphatic heterocycles. The Morgan fingerprint density at radius 1 is 0.526 bits per heavy atom. The maximum Gasteiger partial charge on any atom is 4.00 e. The van der Waals surface area contributed by atoms with Gasteiger partial charge in [-0.25, -0.2) is 41.9 Å². The van der Waals surface area contributed by atoms with Gasteiger partial charge in [0, 0.05) is 12.1 Å². The van der Waals surface area contributed by atoms with Gasteiger partial charge in [-0.1, -0.05) is 62.0 Å². The summed E-state index contributed by atoms with van der Waals surface area (Å²) in [7, 11) is 0. The van der Waals surface area contributed by atoms with Crippen molar-refractivity contribution in [3.8, 4) is 0 Å². The maximum atomic E-state index is 14.0. The number of carbonyl (C=O) groups is 2. The molecular formula is C48H46F4N2O2Ti. The van der Waals surface area contributed by atoms with Gasteiger partial charge in [-0.3, -0.25) is 21.7 Å². The van der Waals surface area contributed by atoms with Crippen LogP contribution in [0.3, 0.4) is 0 Å². The monoisotopic (exact) mass is 806 g/mol. The van der Waals surface area contributed by atoms with Crippen LogP contribution in [0, 0.1) is 47.6 Å². The van der Waals surface area contributed by atoms with Crippen LogP contribution in [0.1, 0.15) is 97.8 Å². The second-order valence-corrected chi connectivity index (χ2v) is 13.7. The van der Waals surface area contributed by atoms with Crippen molar-refractivity contribution in [2.75, 3.05) is 9.80 Å². The van der Waals surface area contributed by atoms with Gasteiger partial charge in [-0.05, 0) is 49.9 Å². The zero-order valence-corrected chi connectivity index (χ0v) is 33.5. The minimum absolute atomic E-state index is 0. The van der Waals surface area contributed by atoms with E-state index in [1.807, 2.05) is 24.3 Å². The first-order valence-corrected chi connectivity index (χ1v) is 19.3. The number of amides is 2. The predicted octanol–water partition coefficient (Wildman–Crippen LogP) is 12.1. The molecule has 4 aliphatic rings. The quantitative estimate of drug-likeness (QED) is 0.111. The van der Waals surface area contributed by atoms with Crippen LogP contribution in [0.25, 0.3) is 0 Å². The molecule has 0 saturated heterocycles. The summed E-state index contributed by atoms with van der Waals surface area (Å²) in [6.45, 7) is 0. The molecule has 0 heterocycles. The molecule has 0 radical (unpaired) electrons. The first kappa shape index (κ1) is 44.9. The number of benzene rings is 4. The first-order chi connectivity index (χ1) is 27.4. The number of hydrogen-bond donors (Lipinski definition) is 0. The van der Waals surface area contributed by atoms with Gasteiger partial charge in [0.1, 0.15) is 34.4 Å². The molecule has 0 bridgehead atoms. The molecule has 4 aromatic rings. The molecule has 0 aromatic heterocycles. The van der Waals surface area contributed by atoms with Crippen LogP contribution in [0.4, 0.5) is 28.9 Å². The van der Waals surface area contributed by atoms with Crippen molar-refractivity contribution < 1.29 is 48.9 Å². The van der Waals surface area contributed by atoms with Crippen molar-refractivity contribution in [2.45, 2.75) is 89.1 Å². The molecule has 9 heteroatoms. The van der Waals surface area contributed by atoms with Crippen molar-refractivity contribution in [1.82, 2.24) is 0 Å². The van der Waals surface area contributed by atoms with Gasteiger partial charge in [-0.15, -0.1) is 25.0 Å². The Kier molecular flexibility index (Phi) is 19.0. The maximum absolute atomic E-state index is 14.0. The molecule has 2 fully saturated rings. The van der Waals surface area contributed by atoms with Crippen molar-refractivity contribution in [1.29, 1.82) is 0 Å². The van der Waals surface area contributed by atoms with E-state index in [-0.39, 0.29) is 33.8 Å². The van der Waals surface area contributed by atoms with E-state index in [0.717, 1.165) is 101 Å². The Hall–Kier alpha value is -4.79. The Morgan fingerprint density at radius 2 is 0.895 bits per heavy atom. The molecule has 2 saturated carbocycles. The molecule has 0 unspecified atom stereocenters. The first-order valence-electron chi connectivity index (χ1n) is 19.3. The summed E-state index contributed by atoms with van der Waals surface area (Å²) in [4.78, 5) is 28.9. The van der Waals surface area contributed by atoms with Crippen LogP contribution in [0.5, 0.6) is 0 Å². The van der Waals surface area contributed by atoms with E-state index in [0.29, 0.717) is 11.4 Å². The van der Waals surface area contributed by atoms with Crippen molar-refractivity contribution >= 4 is 23.2 Å². The number of hydrogen-bond acceptors (Lipinski definition) is 2. The van der Waals surface area contributed by atoms with E-state index in [2.05, 4.69) is 36.4 Å². The number of allylic oxidation sites excluding steroid dienone is 8. The predicted molar refractivity (Wildman–Crippen MR) is 214 cm³/mol. The third-order valence-electron chi connectivity index (χ3n) is 9.78. The molecule has 4 nitrogen and oxygen atoms in total. The number of rotatable bonds is 6. The van der Waals surface area contributed by atoms with Gasteiger partial charge in [0.2, 0.25) is 0 Å². The summed E-state index contributed by atoms with van der Waals surface area (Å²) in [6.07, 6.45) is 29.7. The number of carbonyl (C=O) groups excluding carboxylic acids is 2. The molecule has 0 atom stereocenters. The molecule has 4 aliphatic carbocycles. The van der Waals surface area contributed by atoms with E-state index in [9.17, 15) is 27.2 Å². The van der Waals surface area contributed by atoms with E-state index >= 15 is 0 Å². The fourth-order valence-corrected chi connectivity index (χ4v) is 7.06. The van der Waals surface area contributed by atoms with E-state index in [4.69, 9.17) is 0 Å². The molecule has 0 spiro atoms. The zero-order valence-electron chi connectivity index (χ0n) is 31.9. The van der Waals surface area contributed by atoms with Gasteiger partial charge in [0.05, 0.1) is 0 Å². The van der Waals surface area contributed by atoms with Gasteiger partial charge in [-0.2, -0.15) is 60.7 Å². The van der Waals surface area contributed by atoms with E-state index in [1.165, 1.54) is 21.9 Å². The van der Waals surface area contributed by atoms with Crippen LogP contribution in [0.2, 0.25) is 0 Å². The average molecular weight is 807 g/mol. The Bertz CT molecular complexity index is 1770. The van der Waals surface area contributed by atoms with E-state index < -0.39 is 46.2 Å². The zero-order chi connectivity index (χ0) is 39.5. The van der Waals surface area contributed by atoms with Crippen LogP contribution in [-0.2, 0) is 21.7 Å². The molecule has 57 heavy (non-hydrogen) atoms. The van der Waals surface area contributed by atoms with Gasteiger partial charge >= 0.3 is 21.7 Å². The van der Waals surface area contributed by atoms with E-state index in [1.54, 1.807) is 48.5 Å². The third kappa shape index (κ3) is 13.1. The Labute approximate surface area is 349 Å². The van der Waals surface area contributed by atoms with Crippen molar-refractivity contribution in [3.05, 3.63) is 180 Å². The van der Waals surface area contributed by atoms with Gasteiger partial charge < -0.3 is 9.80 Å². The third-order valence-corrected chi connectivity index (χ3v) is 9.78. The molecule has 292 valence electrons. The minimum Gasteiger partial charge on any atom is -0.359 e. The number of halogens is 4. The summed E-state index contributed by atoms with van der Waals surface area (Å²) in [5.74, 6) is -4.53. The number of anilines is 2. The summed E-state index contributed by atoms with van der Waals surface area (Å²) in [5.41, 5.74) is 0.294. The summed E-state index contributed by atoms with van der Waals surface area (Å²) in [6, 6.07) is 26.7. The van der Waals surface area contributed by atoms with Crippen LogP contribution in [-0.4, -0.2) is 23.9 Å². The van der Waals surface area contributed by atoms with Crippen LogP contribution in [0.15, 0.2) is 121 Å². The Morgan fingerprint density at radius 3 is 1.16 bits per heavy atom. The molecular weight excluding hydrogens is 760 g/mol. The molecule has 8 rings (SSSR count). The summed E-state index contributed by atoms with van der Waals surface area (Å²) < 4.78 is 56.2. The fourth-order valence-electron chi connectivity index (χ4n) is 7.06. The van der Waals surface area contributed by atoms with Gasteiger partial charge in [0.25, 0.3) is 11.8 Å². The second-order valence-electron chi connectivity index (χ2n) is 13.7. The minimum atomic E-state index is -0.823. The fraction of sp³-hybridized carbons (Fsp3) is 0.292. The standard InChI is InChI=1S/2C19H18F2NO.2C5H5.Ti/c2*20-16-12-7-13-17(21)18(16)19(23)22(14-8-3-1-4-9-14)15-10-5-2-6-11-15;2*1-2-4-5-3-1;/h2*1,3,7-9,12-13,15H,2,5-6,10-11H2;2*1-3H,4H2;/q4*-1;+4. The molecule has 2 amide bonds. The summed E-state index contributed by atoms with van der Waals surface area (Å²) >= 11 is 0. The smallest absolute Gasteiger partial charge is 0.359 e. The Balaban J connectivity index is 0.000000200. The average Bonchev–Trinajstić information content (AvgIpc) is 4.02. The number of nitrogens with zero attached hydrogens (tertiary/aromatic N) is 2. The van der Waals surface area contributed by atoms with Crippen LogP contribution >= 0.6 is 0 Å². The van der Waals surface area contributed by atoms with Crippen molar-refractivity contribution in [2.24, 2.45) is 0 Å². The van der Waals surface area contributed by atoms with Crippen molar-refractivity contribution in [3.63, 3.8) is 0 Å². The van der Waals surface area contributed by atoms with Gasteiger partial charge in [0.15, 0.2) is 0 Å². The molecule has 4 aromatic carbocycles. The second kappa shape index (κ2) is 24.1. The summed E-state index contributed by atoms with van der Waals surface area (Å²) in [5, 5.41) is 0. The van der Waals surface area contributed by atoms with Crippen LogP contribution < -0.4 is 9.80 Å². The SMILES string of the molecule is O=C(c1c(F)cccc1F)N(c1c[c-]ccc1)C1CCCCC1.O=C(c1c(F)cccc1F)N(c1c[c-]ccc1)C1CCCCC1.[C-]1=CC=CC1.[C-]1=CC=CC1.[Ti+4]. The largest absolute Gasteiger partial charge is 4.00 e.